The molecule has 1 unspecified atom stereocenters. The highest BCUT2D eigenvalue weighted by Crippen LogP contribution is 2.30. The van der Waals surface area contributed by atoms with Gasteiger partial charge in [0.1, 0.15) is 0 Å². The molecular weight excluding hydrogens is 254 g/mol. The SMILES string of the molecule is CC(N)CC(=O)NCc1cccc(NC(=O)C2CC2)c1. The number of hydrogen-bond donors (Lipinski definition) is 3. The number of nitrogens with one attached hydrogen (secondary N) is 2. The molecule has 5 heteroatoms. The van der Waals surface area contributed by atoms with Gasteiger partial charge in [-0.1, -0.05) is 12.1 Å². The molecule has 0 radical (unpaired) electrons. The van der Waals surface area contributed by atoms with E-state index in [2.05, 4.69) is 10.6 Å². The van der Waals surface area contributed by atoms with E-state index in [1.54, 1.807) is 6.92 Å². The number of anilines is 1. The summed E-state index contributed by atoms with van der Waals surface area (Å²) in [5, 5.41) is 5.71. The van der Waals surface area contributed by atoms with Crippen molar-refractivity contribution in [1.82, 2.24) is 5.32 Å². The molecule has 20 heavy (non-hydrogen) atoms. The highest BCUT2D eigenvalue weighted by Gasteiger charge is 2.29. The molecule has 2 amide bonds. The van der Waals surface area contributed by atoms with Crippen LogP contribution in [0.4, 0.5) is 5.69 Å². The first-order chi connectivity index (χ1) is 9.54. The number of nitrogens with two attached hydrogens (primary N) is 1. The van der Waals surface area contributed by atoms with Gasteiger partial charge in [-0.25, -0.2) is 0 Å². The van der Waals surface area contributed by atoms with Crippen LogP contribution in [0.25, 0.3) is 0 Å². The molecule has 1 fully saturated rings. The van der Waals surface area contributed by atoms with Gasteiger partial charge in [-0.3, -0.25) is 9.59 Å². The zero-order chi connectivity index (χ0) is 14.5. The lowest BCUT2D eigenvalue weighted by Gasteiger charge is -2.09. The van der Waals surface area contributed by atoms with Crippen LogP contribution in [0.1, 0.15) is 31.7 Å². The summed E-state index contributed by atoms with van der Waals surface area (Å²) in [6.07, 6.45) is 2.29. The van der Waals surface area contributed by atoms with E-state index in [-0.39, 0.29) is 23.8 Å². The van der Waals surface area contributed by atoms with E-state index in [0.717, 1.165) is 24.1 Å². The number of amides is 2. The summed E-state index contributed by atoms with van der Waals surface area (Å²) in [6, 6.07) is 7.38. The number of hydrogen-bond acceptors (Lipinski definition) is 3. The van der Waals surface area contributed by atoms with Gasteiger partial charge in [-0.2, -0.15) is 0 Å². The third kappa shape index (κ3) is 4.66. The number of carbonyl (C=O) groups is 2. The Kier molecular flexibility index (Phi) is 4.74. The van der Waals surface area contributed by atoms with Gasteiger partial charge >= 0.3 is 0 Å². The van der Waals surface area contributed by atoms with Gasteiger partial charge in [-0.15, -0.1) is 0 Å². The van der Waals surface area contributed by atoms with Crippen LogP contribution in [-0.4, -0.2) is 17.9 Å². The van der Waals surface area contributed by atoms with Gasteiger partial charge in [0.05, 0.1) is 0 Å². The molecule has 1 aromatic rings. The molecule has 0 aromatic heterocycles. The maximum Gasteiger partial charge on any atom is 0.227 e. The van der Waals surface area contributed by atoms with Crippen LogP contribution in [0.15, 0.2) is 24.3 Å². The molecule has 108 valence electrons. The summed E-state index contributed by atoms with van der Waals surface area (Å²) in [4.78, 5) is 23.2. The lowest BCUT2D eigenvalue weighted by molar-refractivity contribution is -0.121. The third-order valence-corrected chi connectivity index (χ3v) is 3.14. The Bertz CT molecular complexity index is 496. The first-order valence-corrected chi connectivity index (χ1v) is 6.96. The zero-order valence-corrected chi connectivity index (χ0v) is 11.7. The summed E-state index contributed by atoms with van der Waals surface area (Å²) in [5.41, 5.74) is 7.30. The van der Waals surface area contributed by atoms with Crippen molar-refractivity contribution in [2.45, 2.75) is 38.8 Å². The van der Waals surface area contributed by atoms with Crippen LogP contribution < -0.4 is 16.4 Å². The van der Waals surface area contributed by atoms with Gasteiger partial charge < -0.3 is 16.4 Å². The summed E-state index contributed by atoms with van der Waals surface area (Å²) in [5.74, 6) is 0.208. The fourth-order valence-corrected chi connectivity index (χ4v) is 1.91. The second-order valence-electron chi connectivity index (χ2n) is 5.42. The van der Waals surface area contributed by atoms with Crippen LogP contribution >= 0.6 is 0 Å². The van der Waals surface area contributed by atoms with Crippen molar-refractivity contribution in [1.29, 1.82) is 0 Å². The maximum atomic E-state index is 11.7. The molecule has 1 atom stereocenters. The molecular formula is C15H21N3O2. The maximum absolute atomic E-state index is 11.7. The largest absolute Gasteiger partial charge is 0.352 e. The minimum Gasteiger partial charge on any atom is -0.352 e. The van der Waals surface area contributed by atoms with E-state index in [4.69, 9.17) is 5.73 Å². The van der Waals surface area contributed by atoms with E-state index >= 15 is 0 Å². The van der Waals surface area contributed by atoms with Crippen LogP contribution in [0.3, 0.4) is 0 Å². The Morgan fingerprint density at radius 1 is 1.40 bits per heavy atom. The average molecular weight is 275 g/mol. The summed E-state index contributed by atoms with van der Waals surface area (Å²) in [7, 11) is 0. The Hall–Kier alpha value is -1.88. The Labute approximate surface area is 118 Å². The van der Waals surface area contributed by atoms with Crippen LogP contribution in [0, 0.1) is 5.92 Å². The van der Waals surface area contributed by atoms with Crippen molar-refractivity contribution in [2.24, 2.45) is 11.7 Å². The molecule has 1 aromatic carbocycles. The zero-order valence-electron chi connectivity index (χ0n) is 11.7. The molecule has 0 spiro atoms. The lowest BCUT2D eigenvalue weighted by Crippen LogP contribution is -2.29. The van der Waals surface area contributed by atoms with Gasteiger partial charge in [0.2, 0.25) is 11.8 Å². The van der Waals surface area contributed by atoms with Crippen molar-refractivity contribution in [3.05, 3.63) is 29.8 Å². The number of benzene rings is 1. The summed E-state index contributed by atoms with van der Waals surface area (Å²) in [6.45, 7) is 2.24. The Morgan fingerprint density at radius 3 is 2.80 bits per heavy atom. The lowest BCUT2D eigenvalue weighted by atomic mass is 10.2. The van der Waals surface area contributed by atoms with E-state index in [0.29, 0.717) is 13.0 Å². The molecule has 0 heterocycles. The van der Waals surface area contributed by atoms with Gasteiger partial charge in [0, 0.05) is 30.6 Å². The minimum absolute atomic E-state index is 0.0626. The van der Waals surface area contributed by atoms with E-state index in [9.17, 15) is 9.59 Å². The predicted octanol–water partition coefficient (Wildman–Crippen LogP) is 1.39. The topological polar surface area (TPSA) is 84.2 Å². The second-order valence-corrected chi connectivity index (χ2v) is 5.42. The number of rotatable bonds is 6. The molecule has 2 rings (SSSR count). The molecule has 4 N–H and O–H groups in total. The van der Waals surface area contributed by atoms with Crippen molar-refractivity contribution in [3.63, 3.8) is 0 Å². The molecule has 1 saturated carbocycles. The van der Waals surface area contributed by atoms with Gasteiger partial charge in [-0.05, 0) is 37.5 Å². The van der Waals surface area contributed by atoms with E-state index in [1.165, 1.54) is 0 Å². The fourth-order valence-electron chi connectivity index (χ4n) is 1.91. The monoisotopic (exact) mass is 275 g/mol. The second kappa shape index (κ2) is 6.52. The quantitative estimate of drug-likeness (QED) is 0.733. The van der Waals surface area contributed by atoms with Gasteiger partial charge in [0.25, 0.3) is 0 Å². The normalized spacial score (nSPS) is 15.5. The fraction of sp³-hybridized carbons (Fsp3) is 0.467. The van der Waals surface area contributed by atoms with E-state index in [1.807, 2.05) is 24.3 Å². The highest BCUT2D eigenvalue weighted by molar-refractivity contribution is 5.94. The van der Waals surface area contributed by atoms with Crippen molar-refractivity contribution in [2.75, 3.05) is 5.32 Å². The number of carbonyl (C=O) groups excluding carboxylic acids is 2. The molecule has 1 aliphatic rings. The van der Waals surface area contributed by atoms with Crippen LogP contribution in [0.2, 0.25) is 0 Å². The average Bonchev–Trinajstić information content (AvgIpc) is 3.20. The first-order valence-electron chi connectivity index (χ1n) is 6.96. The first kappa shape index (κ1) is 14.5. The van der Waals surface area contributed by atoms with Gasteiger partial charge in [0.15, 0.2) is 0 Å². The standard InChI is InChI=1S/C15H21N3O2/c1-10(16)7-14(19)17-9-11-3-2-4-13(8-11)18-15(20)12-5-6-12/h2-4,8,10,12H,5-7,9,16H2,1H3,(H,17,19)(H,18,20). The molecule has 5 nitrogen and oxygen atoms in total. The molecule has 0 aliphatic heterocycles. The van der Waals surface area contributed by atoms with Crippen LogP contribution in [0.5, 0.6) is 0 Å². The third-order valence-electron chi connectivity index (χ3n) is 3.14. The minimum atomic E-state index is -0.140. The molecule has 0 bridgehead atoms. The smallest absolute Gasteiger partial charge is 0.227 e. The summed E-state index contributed by atoms with van der Waals surface area (Å²) < 4.78 is 0. The van der Waals surface area contributed by atoms with E-state index < -0.39 is 0 Å². The van der Waals surface area contributed by atoms with Crippen molar-refractivity contribution < 1.29 is 9.59 Å². The highest BCUT2D eigenvalue weighted by atomic mass is 16.2. The Morgan fingerprint density at radius 2 is 2.15 bits per heavy atom. The molecule has 0 saturated heterocycles. The summed E-state index contributed by atoms with van der Waals surface area (Å²) >= 11 is 0. The van der Waals surface area contributed by atoms with Crippen LogP contribution in [-0.2, 0) is 16.1 Å². The predicted molar refractivity (Wildman–Crippen MR) is 77.9 cm³/mol. The van der Waals surface area contributed by atoms with Crippen molar-refractivity contribution in [3.8, 4) is 0 Å². The molecule has 1 aliphatic carbocycles. The van der Waals surface area contributed by atoms with Crippen molar-refractivity contribution >= 4 is 17.5 Å². The Balaban J connectivity index is 1.85.